The summed E-state index contributed by atoms with van der Waals surface area (Å²) in [4.78, 5) is 26.9. The lowest BCUT2D eigenvalue weighted by molar-refractivity contribution is -0.199. The number of rotatable bonds is 6. The van der Waals surface area contributed by atoms with Crippen molar-refractivity contribution in [3.05, 3.63) is 36.2 Å². The normalized spacial score (nSPS) is 23.3. The second-order valence-electron chi connectivity index (χ2n) is 10.3. The number of aromatic nitrogens is 2. The summed E-state index contributed by atoms with van der Waals surface area (Å²) < 4.78 is 84.8. The van der Waals surface area contributed by atoms with Crippen LogP contribution in [-0.4, -0.2) is 56.0 Å². The molecule has 3 fully saturated rings. The highest BCUT2D eigenvalue weighted by molar-refractivity contribution is 8.00. The second-order valence-corrected chi connectivity index (χ2v) is 11.7. The van der Waals surface area contributed by atoms with Crippen molar-refractivity contribution in [1.82, 2.24) is 20.0 Å². The Balaban J connectivity index is 1.42. The van der Waals surface area contributed by atoms with E-state index in [0.717, 1.165) is 22.7 Å². The topological polar surface area (TPSA) is 91.0 Å². The zero-order valence-electron chi connectivity index (χ0n) is 20.6. The number of amides is 2. The Kier molecular flexibility index (Phi) is 6.44. The van der Waals surface area contributed by atoms with Crippen LogP contribution in [0, 0.1) is 16.7 Å². The van der Waals surface area contributed by atoms with Crippen molar-refractivity contribution in [3.8, 4) is 17.2 Å². The Morgan fingerprint density at radius 1 is 1.13 bits per heavy atom. The first kappa shape index (κ1) is 27.4. The van der Waals surface area contributed by atoms with E-state index in [-0.39, 0.29) is 23.4 Å². The number of thioether (sulfide) groups is 1. The van der Waals surface area contributed by atoms with Gasteiger partial charge in [0.25, 0.3) is 0 Å². The molecule has 0 spiro atoms. The van der Waals surface area contributed by atoms with E-state index in [2.05, 4.69) is 10.4 Å². The molecule has 2 aromatic rings. The number of halogens is 6. The van der Waals surface area contributed by atoms with Crippen LogP contribution in [0.5, 0.6) is 0 Å². The summed E-state index contributed by atoms with van der Waals surface area (Å²) in [5.74, 6) is -2.02. The van der Waals surface area contributed by atoms with Gasteiger partial charge in [0.05, 0.1) is 17.8 Å². The third kappa shape index (κ3) is 5.08. The number of nitrogens with one attached hydrogen (secondary N) is 1. The Morgan fingerprint density at radius 2 is 1.82 bits per heavy atom. The van der Waals surface area contributed by atoms with Crippen LogP contribution in [0.3, 0.4) is 0 Å². The predicted molar refractivity (Wildman–Crippen MR) is 127 cm³/mol. The molecule has 14 heteroatoms. The van der Waals surface area contributed by atoms with Gasteiger partial charge in [-0.25, -0.2) is 0 Å². The van der Waals surface area contributed by atoms with E-state index in [0.29, 0.717) is 18.4 Å². The summed E-state index contributed by atoms with van der Waals surface area (Å²) in [5.41, 5.74) is -3.88. The Morgan fingerprint density at radius 3 is 2.33 bits per heavy atom. The first-order valence-corrected chi connectivity index (χ1v) is 13.0. The quantitative estimate of drug-likeness (QED) is 0.509. The number of nitriles is 1. The molecule has 2 atom stereocenters. The maximum absolute atomic E-state index is 14.0. The molecule has 1 saturated heterocycles. The summed E-state index contributed by atoms with van der Waals surface area (Å²) in [6, 6.07) is 4.38. The number of hydrogen-bond acceptors (Lipinski definition) is 5. The molecular weight excluding hydrogens is 548 g/mol. The molecule has 0 radical (unpaired) electrons. The fourth-order valence-corrected chi connectivity index (χ4v) is 6.19. The summed E-state index contributed by atoms with van der Waals surface area (Å²) in [7, 11) is 1.63. The van der Waals surface area contributed by atoms with Gasteiger partial charge < -0.3 is 10.2 Å². The standard InChI is InChI=1S/C25H23F6N5O2S/c1-35-11-15(10-33-35)14-2-3-19(17(8-14)24(26,27)28)39-16-9-18(20(37)34-22(13-32)4-5-22)36(12-16)21(38)23(6-7-23)25(29,30)31/h2-3,8,10-11,16,18H,4-7,9,12H2,1H3,(H,34,37). The Bertz CT molecular complexity index is 1360. The van der Waals surface area contributed by atoms with Crippen molar-refractivity contribution in [2.45, 2.75) is 66.2 Å². The van der Waals surface area contributed by atoms with Gasteiger partial charge in [0.1, 0.15) is 17.0 Å². The summed E-state index contributed by atoms with van der Waals surface area (Å²) >= 11 is 0.773. The van der Waals surface area contributed by atoms with E-state index in [1.54, 1.807) is 13.2 Å². The SMILES string of the molecule is Cn1cc(-c2ccc(SC3CC(C(=O)NC4(C#N)CC4)N(C(=O)C4(C(F)(F)F)CC4)C3)c(C(F)(F)F)c2)cn1. The number of likely N-dealkylation sites (tertiary alicyclic amines) is 1. The van der Waals surface area contributed by atoms with Crippen molar-refractivity contribution < 1.29 is 35.9 Å². The van der Waals surface area contributed by atoms with E-state index < -0.39 is 64.8 Å². The molecule has 2 heterocycles. The fraction of sp³-hybridized carbons (Fsp3) is 0.520. The molecule has 1 N–H and O–H groups in total. The molecule has 208 valence electrons. The van der Waals surface area contributed by atoms with Crippen molar-refractivity contribution >= 4 is 23.6 Å². The van der Waals surface area contributed by atoms with Crippen LogP contribution in [0.2, 0.25) is 0 Å². The molecule has 1 aromatic carbocycles. The van der Waals surface area contributed by atoms with E-state index in [1.165, 1.54) is 23.0 Å². The lowest BCUT2D eigenvalue weighted by atomic mass is 10.0. The van der Waals surface area contributed by atoms with Gasteiger partial charge in [-0.15, -0.1) is 11.8 Å². The van der Waals surface area contributed by atoms with E-state index in [4.69, 9.17) is 0 Å². The Labute approximate surface area is 223 Å². The number of carbonyl (C=O) groups is 2. The van der Waals surface area contributed by atoms with Crippen LogP contribution in [0.1, 0.15) is 37.7 Å². The van der Waals surface area contributed by atoms with Crippen molar-refractivity contribution in [2.75, 3.05) is 6.54 Å². The second kappa shape index (κ2) is 9.18. The van der Waals surface area contributed by atoms with Gasteiger partial charge in [-0.3, -0.25) is 14.3 Å². The maximum Gasteiger partial charge on any atom is 0.417 e. The number of hydrogen-bond donors (Lipinski definition) is 1. The number of nitrogens with zero attached hydrogens (tertiary/aromatic N) is 4. The number of carbonyl (C=O) groups excluding carboxylic acids is 2. The lowest BCUT2D eigenvalue weighted by Gasteiger charge is -2.29. The van der Waals surface area contributed by atoms with E-state index in [9.17, 15) is 41.2 Å². The molecule has 2 saturated carbocycles. The lowest BCUT2D eigenvalue weighted by Crippen LogP contribution is -2.53. The smallest absolute Gasteiger partial charge is 0.336 e. The van der Waals surface area contributed by atoms with Crippen molar-refractivity contribution in [1.29, 1.82) is 5.26 Å². The molecule has 2 aliphatic carbocycles. The average molecular weight is 572 g/mol. The van der Waals surface area contributed by atoms with Crippen LogP contribution >= 0.6 is 11.8 Å². The van der Waals surface area contributed by atoms with Crippen LogP contribution in [-0.2, 0) is 22.8 Å². The molecule has 0 bridgehead atoms. The number of alkyl halides is 6. The van der Waals surface area contributed by atoms with Crippen molar-refractivity contribution in [3.63, 3.8) is 0 Å². The van der Waals surface area contributed by atoms with Gasteiger partial charge in [0, 0.05) is 35.5 Å². The van der Waals surface area contributed by atoms with Gasteiger partial charge in [0.2, 0.25) is 11.8 Å². The summed E-state index contributed by atoms with van der Waals surface area (Å²) in [6.45, 7) is -0.333. The van der Waals surface area contributed by atoms with Gasteiger partial charge in [-0.2, -0.15) is 36.7 Å². The van der Waals surface area contributed by atoms with Crippen LogP contribution < -0.4 is 5.32 Å². The Hall–Kier alpha value is -3.21. The highest BCUT2D eigenvalue weighted by atomic mass is 32.2. The van der Waals surface area contributed by atoms with Crippen LogP contribution in [0.15, 0.2) is 35.5 Å². The van der Waals surface area contributed by atoms with E-state index in [1.807, 2.05) is 6.07 Å². The van der Waals surface area contributed by atoms with Gasteiger partial charge in [-0.05, 0) is 49.8 Å². The maximum atomic E-state index is 14.0. The summed E-state index contributed by atoms with van der Waals surface area (Å²) in [5, 5.41) is 15.0. The molecule has 5 rings (SSSR count). The zero-order chi connectivity index (χ0) is 28.4. The zero-order valence-corrected chi connectivity index (χ0v) is 21.4. The molecule has 2 unspecified atom stereocenters. The third-order valence-corrected chi connectivity index (χ3v) is 8.76. The molecule has 3 aliphatic rings. The fourth-order valence-electron chi connectivity index (χ4n) is 4.87. The van der Waals surface area contributed by atoms with Gasteiger partial charge in [-0.1, -0.05) is 6.07 Å². The average Bonchev–Trinajstić information content (AvgIpc) is 3.75. The third-order valence-electron chi connectivity index (χ3n) is 7.47. The number of aryl methyl sites for hydroxylation is 1. The minimum atomic E-state index is -4.81. The first-order chi connectivity index (χ1) is 18.2. The number of benzene rings is 1. The highest BCUT2D eigenvalue weighted by Gasteiger charge is 2.70. The van der Waals surface area contributed by atoms with Crippen LogP contribution in [0.25, 0.3) is 11.1 Å². The minimum absolute atomic E-state index is 0.153. The molecule has 1 aliphatic heterocycles. The predicted octanol–water partition coefficient (Wildman–Crippen LogP) is 4.68. The van der Waals surface area contributed by atoms with Gasteiger partial charge in [0.15, 0.2) is 0 Å². The molecule has 7 nitrogen and oxygen atoms in total. The minimum Gasteiger partial charge on any atom is -0.336 e. The molecular formula is C25H23F6N5O2S. The molecule has 39 heavy (non-hydrogen) atoms. The van der Waals surface area contributed by atoms with Gasteiger partial charge >= 0.3 is 12.4 Å². The largest absolute Gasteiger partial charge is 0.417 e. The first-order valence-electron chi connectivity index (χ1n) is 12.2. The highest BCUT2D eigenvalue weighted by Crippen LogP contribution is 2.59. The monoisotopic (exact) mass is 571 g/mol. The van der Waals surface area contributed by atoms with Crippen molar-refractivity contribution in [2.24, 2.45) is 12.5 Å². The summed E-state index contributed by atoms with van der Waals surface area (Å²) in [6.07, 6.45) is -6.78. The van der Waals surface area contributed by atoms with E-state index >= 15 is 0 Å². The molecule has 1 aromatic heterocycles. The molecule has 2 amide bonds. The van der Waals surface area contributed by atoms with Crippen LogP contribution in [0.4, 0.5) is 26.3 Å².